The van der Waals surface area contributed by atoms with E-state index in [1.807, 2.05) is 0 Å². The van der Waals surface area contributed by atoms with Crippen LogP contribution >= 0.6 is 27.5 Å². The Bertz CT molecular complexity index is 1010. The average Bonchev–Trinajstić information content (AvgIpc) is 2.60. The van der Waals surface area contributed by atoms with Gasteiger partial charge < -0.3 is 10.1 Å². The molecule has 0 unspecified atom stereocenters. The number of alkyl halides is 3. The normalized spacial score (nSPS) is 11.4. The highest BCUT2D eigenvalue weighted by molar-refractivity contribution is 9.10. The molecule has 0 aliphatic heterocycles. The summed E-state index contributed by atoms with van der Waals surface area (Å²) in [6.07, 6.45) is -3.39. The third kappa shape index (κ3) is 4.67. The number of hydrogen-bond acceptors (Lipinski definition) is 4. The molecule has 0 radical (unpaired) electrons. The monoisotopic (exact) mass is 459 g/mol. The maximum absolute atomic E-state index is 13.1. The molecular weight excluding hydrogens is 451 g/mol. The van der Waals surface area contributed by atoms with Crippen LogP contribution in [0.5, 0.6) is 5.88 Å². The number of anilines is 1. The van der Waals surface area contributed by atoms with E-state index >= 15 is 0 Å². The molecule has 10 heteroatoms. The van der Waals surface area contributed by atoms with Crippen molar-refractivity contribution in [2.75, 3.05) is 11.9 Å². The molecule has 0 atom stereocenters. The van der Waals surface area contributed by atoms with Gasteiger partial charge in [-0.3, -0.25) is 4.79 Å². The second-order valence-corrected chi connectivity index (χ2v) is 6.72. The van der Waals surface area contributed by atoms with Crippen molar-refractivity contribution >= 4 is 50.0 Å². The van der Waals surface area contributed by atoms with Crippen LogP contribution < -0.4 is 10.1 Å². The zero-order chi connectivity index (χ0) is 19.6. The summed E-state index contributed by atoms with van der Waals surface area (Å²) in [7, 11) is 0. The molecule has 1 N–H and O–H groups in total. The first-order valence-corrected chi connectivity index (χ1v) is 8.61. The fourth-order valence-corrected chi connectivity index (χ4v) is 2.83. The largest absolute Gasteiger partial charge is 0.467 e. The Morgan fingerprint density at radius 2 is 1.96 bits per heavy atom. The molecule has 0 aliphatic rings. The molecule has 0 aliphatic carbocycles. The number of amides is 1. The van der Waals surface area contributed by atoms with Gasteiger partial charge in [-0.1, -0.05) is 27.5 Å². The molecule has 1 aromatic heterocycles. The summed E-state index contributed by atoms with van der Waals surface area (Å²) < 4.78 is 45.4. The van der Waals surface area contributed by atoms with E-state index in [1.54, 1.807) is 18.2 Å². The molecule has 27 heavy (non-hydrogen) atoms. The van der Waals surface area contributed by atoms with Crippen molar-refractivity contribution in [2.24, 2.45) is 0 Å². The van der Waals surface area contributed by atoms with E-state index in [4.69, 9.17) is 16.3 Å². The van der Waals surface area contributed by atoms with Crippen LogP contribution in [0.3, 0.4) is 0 Å². The van der Waals surface area contributed by atoms with E-state index in [9.17, 15) is 18.0 Å². The molecule has 1 heterocycles. The topological polar surface area (TPSA) is 64.1 Å². The average molecular weight is 461 g/mol. The summed E-state index contributed by atoms with van der Waals surface area (Å²) in [6, 6.07) is 8.31. The Morgan fingerprint density at radius 1 is 1.19 bits per heavy atom. The van der Waals surface area contributed by atoms with Crippen LogP contribution in [0.15, 0.2) is 47.2 Å². The van der Waals surface area contributed by atoms with E-state index < -0.39 is 29.9 Å². The predicted octanol–water partition coefficient (Wildman–Crippen LogP) is 5.08. The Hall–Kier alpha value is -2.39. The number of fused-ring (bicyclic) bond motifs is 1. The number of rotatable bonds is 4. The van der Waals surface area contributed by atoms with Gasteiger partial charge in [0.25, 0.3) is 5.91 Å². The molecular formula is C17H10BrClF3N3O2. The van der Waals surface area contributed by atoms with E-state index in [2.05, 4.69) is 31.2 Å². The molecule has 0 fully saturated rings. The smallest absolute Gasteiger partial charge is 0.418 e. The van der Waals surface area contributed by atoms with Crippen LogP contribution in [-0.2, 0) is 11.0 Å². The van der Waals surface area contributed by atoms with Gasteiger partial charge >= 0.3 is 6.18 Å². The number of nitrogens with one attached hydrogen (secondary N) is 1. The second kappa shape index (κ2) is 7.69. The lowest BCUT2D eigenvalue weighted by molar-refractivity contribution is -0.137. The van der Waals surface area contributed by atoms with Crippen LogP contribution in [0.25, 0.3) is 10.9 Å². The fourth-order valence-electron chi connectivity index (χ4n) is 2.30. The molecule has 5 nitrogen and oxygen atoms in total. The highest BCUT2D eigenvalue weighted by Crippen LogP contribution is 2.36. The molecule has 1 amide bonds. The van der Waals surface area contributed by atoms with E-state index in [1.165, 1.54) is 12.4 Å². The van der Waals surface area contributed by atoms with Gasteiger partial charge in [0, 0.05) is 9.50 Å². The minimum atomic E-state index is -4.66. The van der Waals surface area contributed by atoms with Crippen LogP contribution in [-0.4, -0.2) is 22.5 Å². The quantitative estimate of drug-likeness (QED) is 0.590. The van der Waals surface area contributed by atoms with Gasteiger partial charge in [0.1, 0.15) is 6.33 Å². The van der Waals surface area contributed by atoms with Gasteiger partial charge in [0.15, 0.2) is 6.61 Å². The van der Waals surface area contributed by atoms with Crippen LogP contribution in [0.1, 0.15) is 5.56 Å². The van der Waals surface area contributed by atoms with Crippen molar-refractivity contribution in [2.45, 2.75) is 6.18 Å². The van der Waals surface area contributed by atoms with E-state index in [0.29, 0.717) is 10.9 Å². The van der Waals surface area contributed by atoms with Gasteiger partial charge in [-0.05, 0) is 36.4 Å². The van der Waals surface area contributed by atoms with E-state index in [0.717, 1.165) is 16.6 Å². The van der Waals surface area contributed by atoms with Crippen LogP contribution in [0.2, 0.25) is 5.02 Å². The lowest BCUT2D eigenvalue weighted by Gasteiger charge is -2.14. The van der Waals surface area contributed by atoms with Crippen molar-refractivity contribution in [1.29, 1.82) is 0 Å². The maximum Gasteiger partial charge on any atom is 0.418 e. The van der Waals surface area contributed by atoms with Gasteiger partial charge in [-0.2, -0.15) is 13.2 Å². The van der Waals surface area contributed by atoms with Crippen LogP contribution in [0, 0.1) is 0 Å². The first-order chi connectivity index (χ1) is 12.7. The number of aromatic nitrogens is 2. The summed E-state index contributed by atoms with van der Waals surface area (Å²) in [4.78, 5) is 20.1. The van der Waals surface area contributed by atoms with Crippen LogP contribution in [0.4, 0.5) is 18.9 Å². The van der Waals surface area contributed by atoms with Gasteiger partial charge in [0.05, 0.1) is 22.2 Å². The highest BCUT2D eigenvalue weighted by Gasteiger charge is 2.34. The number of benzene rings is 2. The number of carbonyl (C=O) groups is 1. The minimum Gasteiger partial charge on any atom is -0.467 e. The molecule has 0 saturated heterocycles. The standard InChI is InChI=1S/C17H10BrClF3N3O2/c18-9-1-3-13-11(5-9)16(24-8-23-13)27-7-15(26)25-14-4-2-10(19)6-12(14)17(20,21)22/h1-6,8H,7H2,(H,25,26). The van der Waals surface area contributed by atoms with Gasteiger partial charge in [0.2, 0.25) is 5.88 Å². The lowest BCUT2D eigenvalue weighted by Crippen LogP contribution is -2.22. The number of ether oxygens (including phenoxy) is 1. The third-order valence-corrected chi connectivity index (χ3v) is 4.19. The SMILES string of the molecule is O=C(COc1ncnc2ccc(Br)cc12)Nc1ccc(Cl)cc1C(F)(F)F. The fraction of sp³-hybridized carbons (Fsp3) is 0.118. The van der Waals surface area contributed by atoms with Crippen molar-refractivity contribution in [3.63, 3.8) is 0 Å². The molecule has 0 spiro atoms. The molecule has 0 bridgehead atoms. The third-order valence-electron chi connectivity index (χ3n) is 3.46. The van der Waals surface area contributed by atoms with Crippen molar-refractivity contribution in [3.8, 4) is 5.88 Å². The second-order valence-electron chi connectivity index (χ2n) is 5.36. The summed E-state index contributed by atoms with van der Waals surface area (Å²) in [5, 5.41) is 2.65. The molecule has 140 valence electrons. The first kappa shape index (κ1) is 19.4. The zero-order valence-corrected chi connectivity index (χ0v) is 15.7. The molecule has 3 rings (SSSR count). The van der Waals surface area contributed by atoms with Crippen molar-refractivity contribution < 1.29 is 22.7 Å². The van der Waals surface area contributed by atoms with Crippen molar-refractivity contribution in [3.05, 3.63) is 57.8 Å². The summed E-state index contributed by atoms with van der Waals surface area (Å²) >= 11 is 8.93. The van der Waals surface area contributed by atoms with Crippen molar-refractivity contribution in [1.82, 2.24) is 9.97 Å². The summed E-state index contributed by atoms with van der Waals surface area (Å²) in [6.45, 7) is -0.529. The number of halogens is 5. The molecule has 0 saturated carbocycles. The Morgan fingerprint density at radius 3 is 2.70 bits per heavy atom. The zero-order valence-electron chi connectivity index (χ0n) is 13.3. The molecule has 2 aromatic carbocycles. The summed E-state index contributed by atoms with van der Waals surface area (Å²) in [5.41, 5.74) is -0.851. The Balaban J connectivity index is 1.76. The first-order valence-electron chi connectivity index (χ1n) is 7.44. The maximum atomic E-state index is 13.1. The highest BCUT2D eigenvalue weighted by atomic mass is 79.9. The Kier molecular flexibility index (Phi) is 5.52. The Labute approximate surface area is 164 Å². The van der Waals surface area contributed by atoms with E-state index in [-0.39, 0.29) is 10.9 Å². The lowest BCUT2D eigenvalue weighted by atomic mass is 10.1. The summed E-state index contributed by atoms with van der Waals surface area (Å²) in [5.74, 6) is -0.631. The number of nitrogens with zero attached hydrogens (tertiary/aromatic N) is 2. The number of hydrogen-bond donors (Lipinski definition) is 1. The minimum absolute atomic E-state index is 0.0883. The van der Waals surface area contributed by atoms with Gasteiger partial charge in [-0.15, -0.1) is 0 Å². The van der Waals surface area contributed by atoms with Gasteiger partial charge in [-0.25, -0.2) is 9.97 Å². The predicted molar refractivity (Wildman–Crippen MR) is 97.8 cm³/mol. The number of carbonyl (C=O) groups excluding carboxylic acids is 1. The molecule has 3 aromatic rings.